The highest BCUT2D eigenvalue weighted by Crippen LogP contribution is 2.44. The van der Waals surface area contributed by atoms with Crippen molar-refractivity contribution in [3.8, 4) is 11.1 Å². The molecule has 2 aromatic rings. The molecule has 5 nitrogen and oxygen atoms in total. The number of likely N-dealkylation sites (tertiary alicyclic amines) is 1. The first-order chi connectivity index (χ1) is 13.1. The van der Waals surface area contributed by atoms with Gasteiger partial charge in [-0.2, -0.15) is 5.10 Å². The SMILES string of the molecule is COCC1(C(=O)N2CCC(c3[nH]ncc3-c3cccc(C)c3)CC2)CCC1. The van der Waals surface area contributed by atoms with E-state index in [0.29, 0.717) is 18.4 Å². The van der Waals surface area contributed by atoms with E-state index in [2.05, 4.69) is 46.3 Å². The monoisotopic (exact) mass is 367 g/mol. The topological polar surface area (TPSA) is 58.2 Å². The van der Waals surface area contributed by atoms with Crippen molar-refractivity contribution in [3.63, 3.8) is 0 Å². The van der Waals surface area contributed by atoms with Crippen LogP contribution < -0.4 is 0 Å². The number of amides is 1. The van der Waals surface area contributed by atoms with Gasteiger partial charge in [0, 0.05) is 37.4 Å². The van der Waals surface area contributed by atoms with Gasteiger partial charge < -0.3 is 9.64 Å². The molecular weight excluding hydrogens is 338 g/mol. The van der Waals surface area contributed by atoms with Gasteiger partial charge in [-0.25, -0.2) is 0 Å². The molecule has 4 rings (SSSR count). The molecule has 27 heavy (non-hydrogen) atoms. The Morgan fingerprint density at radius 2 is 2.11 bits per heavy atom. The van der Waals surface area contributed by atoms with Crippen molar-refractivity contribution in [1.82, 2.24) is 15.1 Å². The van der Waals surface area contributed by atoms with E-state index in [1.54, 1.807) is 7.11 Å². The van der Waals surface area contributed by atoms with Crippen LogP contribution in [0.3, 0.4) is 0 Å². The summed E-state index contributed by atoms with van der Waals surface area (Å²) in [5.41, 5.74) is 4.62. The third-order valence-electron chi connectivity index (χ3n) is 6.37. The molecule has 1 aliphatic heterocycles. The first-order valence-corrected chi connectivity index (χ1v) is 10.0. The molecule has 1 aromatic heterocycles. The Morgan fingerprint density at radius 1 is 1.33 bits per heavy atom. The summed E-state index contributed by atoms with van der Waals surface area (Å²) in [4.78, 5) is 15.1. The van der Waals surface area contributed by atoms with Crippen LogP contribution in [0.2, 0.25) is 0 Å². The summed E-state index contributed by atoms with van der Waals surface area (Å²) in [6.45, 7) is 4.32. The summed E-state index contributed by atoms with van der Waals surface area (Å²) in [6.07, 6.45) is 6.98. The smallest absolute Gasteiger partial charge is 0.231 e. The molecule has 1 amide bonds. The van der Waals surface area contributed by atoms with Crippen LogP contribution >= 0.6 is 0 Å². The Morgan fingerprint density at radius 3 is 2.74 bits per heavy atom. The van der Waals surface area contributed by atoms with Crippen LogP contribution in [0.15, 0.2) is 30.5 Å². The zero-order valence-corrected chi connectivity index (χ0v) is 16.3. The second-order valence-corrected chi connectivity index (χ2v) is 8.20. The molecule has 0 radical (unpaired) electrons. The molecular formula is C22H29N3O2. The van der Waals surface area contributed by atoms with Gasteiger partial charge in [0.1, 0.15) is 0 Å². The molecule has 2 heterocycles. The third kappa shape index (κ3) is 3.41. The predicted molar refractivity (Wildman–Crippen MR) is 105 cm³/mol. The van der Waals surface area contributed by atoms with Crippen LogP contribution in [0.25, 0.3) is 11.1 Å². The highest BCUT2D eigenvalue weighted by atomic mass is 16.5. The zero-order chi connectivity index (χ0) is 18.9. The first kappa shape index (κ1) is 18.2. The van der Waals surface area contributed by atoms with Crippen molar-refractivity contribution in [3.05, 3.63) is 41.7 Å². The van der Waals surface area contributed by atoms with E-state index in [1.165, 1.54) is 22.4 Å². The predicted octanol–water partition coefficient (Wildman–Crippen LogP) is 3.91. The summed E-state index contributed by atoms with van der Waals surface area (Å²) in [7, 11) is 1.70. The largest absolute Gasteiger partial charge is 0.384 e. The number of nitrogens with one attached hydrogen (secondary N) is 1. The second kappa shape index (κ2) is 7.47. The minimum Gasteiger partial charge on any atom is -0.384 e. The number of hydrogen-bond acceptors (Lipinski definition) is 3. The zero-order valence-electron chi connectivity index (χ0n) is 16.3. The fourth-order valence-electron chi connectivity index (χ4n) is 4.66. The third-order valence-corrected chi connectivity index (χ3v) is 6.37. The molecule has 1 aromatic carbocycles. The number of aryl methyl sites for hydroxylation is 1. The minimum atomic E-state index is -0.248. The van der Waals surface area contributed by atoms with E-state index in [1.807, 2.05) is 6.20 Å². The van der Waals surface area contributed by atoms with Gasteiger partial charge in [-0.05, 0) is 38.2 Å². The molecule has 0 atom stereocenters. The molecule has 0 unspecified atom stereocenters. The van der Waals surface area contributed by atoms with Gasteiger partial charge in [0.2, 0.25) is 5.91 Å². The molecule has 2 aliphatic rings. The summed E-state index contributed by atoms with van der Waals surface area (Å²) in [5.74, 6) is 0.726. The van der Waals surface area contributed by atoms with Gasteiger partial charge in [-0.1, -0.05) is 36.2 Å². The van der Waals surface area contributed by atoms with E-state index < -0.39 is 0 Å². The van der Waals surface area contributed by atoms with Gasteiger partial charge in [0.15, 0.2) is 0 Å². The minimum absolute atomic E-state index is 0.248. The lowest BCUT2D eigenvalue weighted by molar-refractivity contribution is -0.153. The van der Waals surface area contributed by atoms with E-state index in [0.717, 1.165) is 45.2 Å². The molecule has 5 heteroatoms. The molecule has 1 aliphatic carbocycles. The van der Waals surface area contributed by atoms with Crippen LogP contribution in [0.4, 0.5) is 0 Å². The van der Waals surface area contributed by atoms with Crippen molar-refractivity contribution in [2.24, 2.45) is 5.41 Å². The highest BCUT2D eigenvalue weighted by Gasteiger charge is 2.46. The van der Waals surface area contributed by atoms with Gasteiger partial charge in [0.05, 0.1) is 18.2 Å². The molecule has 2 fully saturated rings. The lowest BCUT2D eigenvalue weighted by Crippen LogP contribution is -2.52. The summed E-state index contributed by atoms with van der Waals surface area (Å²) >= 11 is 0. The Bertz CT molecular complexity index is 801. The Labute approximate surface area is 161 Å². The Balaban J connectivity index is 1.45. The summed E-state index contributed by atoms with van der Waals surface area (Å²) < 4.78 is 5.35. The maximum absolute atomic E-state index is 13.0. The lowest BCUT2D eigenvalue weighted by atomic mass is 9.68. The quantitative estimate of drug-likeness (QED) is 0.872. The molecule has 1 N–H and O–H groups in total. The van der Waals surface area contributed by atoms with Gasteiger partial charge in [0.25, 0.3) is 0 Å². The van der Waals surface area contributed by atoms with Gasteiger partial charge >= 0.3 is 0 Å². The standard InChI is InChI=1S/C22H29N3O2/c1-16-5-3-6-18(13-16)19-14-23-24-20(19)17-7-11-25(12-8-17)21(26)22(15-27-2)9-4-10-22/h3,5-6,13-14,17H,4,7-12,15H2,1-2H3,(H,23,24). The number of ether oxygens (including phenoxy) is 1. The van der Waals surface area contributed by atoms with E-state index >= 15 is 0 Å². The number of carbonyl (C=O) groups excluding carboxylic acids is 1. The number of carbonyl (C=O) groups is 1. The van der Waals surface area contributed by atoms with E-state index in [9.17, 15) is 4.79 Å². The van der Waals surface area contributed by atoms with Crippen LogP contribution in [0.5, 0.6) is 0 Å². The average molecular weight is 367 g/mol. The van der Waals surface area contributed by atoms with Crippen molar-refractivity contribution < 1.29 is 9.53 Å². The summed E-state index contributed by atoms with van der Waals surface area (Å²) in [5, 5.41) is 7.56. The normalized spacial score (nSPS) is 19.7. The molecule has 144 valence electrons. The number of methoxy groups -OCH3 is 1. The van der Waals surface area contributed by atoms with Crippen LogP contribution in [0, 0.1) is 12.3 Å². The highest BCUT2D eigenvalue weighted by molar-refractivity contribution is 5.84. The number of nitrogens with zero attached hydrogens (tertiary/aromatic N) is 2. The van der Waals surface area contributed by atoms with Gasteiger partial charge in [-0.3, -0.25) is 9.89 Å². The van der Waals surface area contributed by atoms with Crippen LogP contribution in [0.1, 0.15) is 49.3 Å². The molecule has 0 bridgehead atoms. The maximum Gasteiger partial charge on any atom is 0.231 e. The molecule has 1 saturated heterocycles. The van der Waals surface area contributed by atoms with E-state index in [4.69, 9.17) is 4.74 Å². The second-order valence-electron chi connectivity index (χ2n) is 8.20. The number of hydrogen-bond donors (Lipinski definition) is 1. The van der Waals surface area contributed by atoms with Crippen molar-refractivity contribution in [1.29, 1.82) is 0 Å². The number of aromatic amines is 1. The number of rotatable bonds is 5. The van der Waals surface area contributed by atoms with Gasteiger partial charge in [-0.15, -0.1) is 0 Å². The number of H-pyrrole nitrogens is 1. The lowest BCUT2D eigenvalue weighted by Gasteiger charge is -2.44. The average Bonchev–Trinajstić information content (AvgIpc) is 3.14. The van der Waals surface area contributed by atoms with Crippen molar-refractivity contribution in [2.75, 3.05) is 26.8 Å². The Kier molecular flexibility index (Phi) is 5.04. The Hall–Kier alpha value is -2.14. The summed E-state index contributed by atoms with van der Waals surface area (Å²) in [6, 6.07) is 8.56. The van der Waals surface area contributed by atoms with Crippen molar-refractivity contribution in [2.45, 2.75) is 44.9 Å². The van der Waals surface area contributed by atoms with Crippen LogP contribution in [-0.4, -0.2) is 47.8 Å². The fourth-order valence-corrected chi connectivity index (χ4v) is 4.66. The van der Waals surface area contributed by atoms with Crippen LogP contribution in [-0.2, 0) is 9.53 Å². The fraction of sp³-hybridized carbons (Fsp3) is 0.545. The number of piperidine rings is 1. The molecule has 1 saturated carbocycles. The van der Waals surface area contributed by atoms with Crippen molar-refractivity contribution >= 4 is 5.91 Å². The van der Waals surface area contributed by atoms with E-state index in [-0.39, 0.29) is 5.41 Å². The maximum atomic E-state index is 13.0. The number of benzene rings is 1. The first-order valence-electron chi connectivity index (χ1n) is 10.0. The number of aromatic nitrogens is 2. The molecule has 0 spiro atoms.